The highest BCUT2D eigenvalue weighted by Crippen LogP contribution is 2.05. The predicted octanol–water partition coefficient (Wildman–Crippen LogP) is 1.44. The van der Waals surface area contributed by atoms with E-state index in [0.29, 0.717) is 18.9 Å². The van der Waals surface area contributed by atoms with Crippen LogP contribution in [0.5, 0.6) is 0 Å². The van der Waals surface area contributed by atoms with Crippen LogP contribution in [0.4, 0.5) is 0 Å². The molecule has 0 aromatic rings. The third-order valence-electron chi connectivity index (χ3n) is 2.24. The SMILES string of the molecule is COC(=O)CCN(C)C(=O)CCC(C)C. The van der Waals surface area contributed by atoms with Gasteiger partial charge in [0, 0.05) is 20.0 Å². The third kappa shape index (κ3) is 6.94. The van der Waals surface area contributed by atoms with Gasteiger partial charge in [-0.05, 0) is 12.3 Å². The molecule has 15 heavy (non-hydrogen) atoms. The molecule has 0 rings (SSSR count). The molecule has 0 aromatic heterocycles. The van der Waals surface area contributed by atoms with E-state index in [9.17, 15) is 9.59 Å². The lowest BCUT2D eigenvalue weighted by Gasteiger charge is -2.16. The average molecular weight is 215 g/mol. The summed E-state index contributed by atoms with van der Waals surface area (Å²) in [5.74, 6) is 0.342. The van der Waals surface area contributed by atoms with E-state index in [-0.39, 0.29) is 18.3 Å². The van der Waals surface area contributed by atoms with Crippen molar-refractivity contribution in [2.45, 2.75) is 33.1 Å². The van der Waals surface area contributed by atoms with Gasteiger partial charge >= 0.3 is 5.97 Å². The molecule has 0 bridgehead atoms. The van der Waals surface area contributed by atoms with E-state index in [1.807, 2.05) is 0 Å². The average Bonchev–Trinajstić information content (AvgIpc) is 2.21. The molecule has 1 amide bonds. The third-order valence-corrected chi connectivity index (χ3v) is 2.24. The molecule has 0 atom stereocenters. The molecule has 0 aromatic carbocycles. The number of hydrogen-bond donors (Lipinski definition) is 0. The molecular weight excluding hydrogens is 194 g/mol. The normalized spacial score (nSPS) is 10.2. The van der Waals surface area contributed by atoms with Gasteiger partial charge in [0.2, 0.25) is 5.91 Å². The fourth-order valence-corrected chi connectivity index (χ4v) is 1.09. The summed E-state index contributed by atoms with van der Waals surface area (Å²) in [6.45, 7) is 4.60. The van der Waals surface area contributed by atoms with E-state index in [1.165, 1.54) is 7.11 Å². The molecule has 0 radical (unpaired) electrons. The van der Waals surface area contributed by atoms with E-state index in [2.05, 4.69) is 18.6 Å². The Labute approximate surface area is 91.6 Å². The second-order valence-corrected chi connectivity index (χ2v) is 4.07. The molecule has 0 spiro atoms. The van der Waals surface area contributed by atoms with E-state index in [1.54, 1.807) is 11.9 Å². The Morgan fingerprint density at radius 3 is 2.33 bits per heavy atom. The van der Waals surface area contributed by atoms with Crippen LogP contribution in [0, 0.1) is 5.92 Å². The molecule has 4 nitrogen and oxygen atoms in total. The first-order valence-electron chi connectivity index (χ1n) is 5.28. The fourth-order valence-electron chi connectivity index (χ4n) is 1.09. The van der Waals surface area contributed by atoms with Crippen molar-refractivity contribution in [2.24, 2.45) is 5.92 Å². The van der Waals surface area contributed by atoms with E-state index in [4.69, 9.17) is 0 Å². The molecule has 0 fully saturated rings. The van der Waals surface area contributed by atoms with Crippen molar-refractivity contribution in [3.05, 3.63) is 0 Å². The molecule has 0 saturated heterocycles. The summed E-state index contributed by atoms with van der Waals surface area (Å²) >= 11 is 0. The molecule has 88 valence electrons. The van der Waals surface area contributed by atoms with Gasteiger partial charge in [-0.3, -0.25) is 9.59 Å². The Balaban J connectivity index is 3.74. The van der Waals surface area contributed by atoms with Crippen LogP contribution < -0.4 is 0 Å². The van der Waals surface area contributed by atoms with Crippen molar-refractivity contribution >= 4 is 11.9 Å². The first kappa shape index (κ1) is 13.9. The van der Waals surface area contributed by atoms with Gasteiger partial charge in [-0.1, -0.05) is 13.8 Å². The molecule has 0 heterocycles. The van der Waals surface area contributed by atoms with Crippen molar-refractivity contribution in [3.63, 3.8) is 0 Å². The topological polar surface area (TPSA) is 46.6 Å². The first-order valence-corrected chi connectivity index (χ1v) is 5.28. The minimum absolute atomic E-state index is 0.0904. The van der Waals surface area contributed by atoms with Crippen LogP contribution in [0.2, 0.25) is 0 Å². The molecule has 0 aliphatic rings. The molecule has 0 N–H and O–H groups in total. The quantitative estimate of drug-likeness (QED) is 0.630. The van der Waals surface area contributed by atoms with Gasteiger partial charge in [0.15, 0.2) is 0 Å². The van der Waals surface area contributed by atoms with Gasteiger partial charge in [0.25, 0.3) is 0 Å². The summed E-state index contributed by atoms with van der Waals surface area (Å²) < 4.78 is 4.50. The number of methoxy groups -OCH3 is 1. The maximum absolute atomic E-state index is 11.5. The maximum Gasteiger partial charge on any atom is 0.307 e. The zero-order valence-electron chi connectivity index (χ0n) is 10.1. The van der Waals surface area contributed by atoms with E-state index < -0.39 is 0 Å². The largest absolute Gasteiger partial charge is 0.469 e. The molecule has 0 saturated carbocycles. The van der Waals surface area contributed by atoms with Crippen molar-refractivity contribution in [2.75, 3.05) is 20.7 Å². The smallest absolute Gasteiger partial charge is 0.307 e. The molecule has 4 heteroatoms. The lowest BCUT2D eigenvalue weighted by Crippen LogP contribution is -2.29. The molecule has 0 aliphatic heterocycles. The number of rotatable bonds is 6. The van der Waals surface area contributed by atoms with Crippen molar-refractivity contribution in [3.8, 4) is 0 Å². The molecule has 0 unspecified atom stereocenters. The van der Waals surface area contributed by atoms with E-state index >= 15 is 0 Å². The number of carbonyl (C=O) groups is 2. The minimum atomic E-state index is -0.279. The van der Waals surface area contributed by atoms with Gasteiger partial charge in [0.1, 0.15) is 0 Å². The van der Waals surface area contributed by atoms with E-state index in [0.717, 1.165) is 6.42 Å². The second-order valence-electron chi connectivity index (χ2n) is 4.07. The zero-order chi connectivity index (χ0) is 11.8. The minimum Gasteiger partial charge on any atom is -0.469 e. The predicted molar refractivity (Wildman–Crippen MR) is 58.3 cm³/mol. The summed E-state index contributed by atoms with van der Waals surface area (Å²) in [4.78, 5) is 23.9. The Kier molecular flexibility index (Phi) is 6.75. The Morgan fingerprint density at radius 1 is 1.27 bits per heavy atom. The van der Waals surface area contributed by atoms with Crippen LogP contribution >= 0.6 is 0 Å². The number of hydrogen-bond acceptors (Lipinski definition) is 3. The highest BCUT2D eigenvalue weighted by atomic mass is 16.5. The number of amides is 1. The monoisotopic (exact) mass is 215 g/mol. The van der Waals surface area contributed by atoms with Crippen LogP contribution in [0.15, 0.2) is 0 Å². The van der Waals surface area contributed by atoms with Crippen LogP contribution in [0.3, 0.4) is 0 Å². The number of carbonyl (C=O) groups excluding carboxylic acids is 2. The van der Waals surface area contributed by atoms with Crippen molar-refractivity contribution < 1.29 is 14.3 Å². The van der Waals surface area contributed by atoms with Gasteiger partial charge in [-0.25, -0.2) is 0 Å². The Bertz CT molecular complexity index is 214. The van der Waals surface area contributed by atoms with Gasteiger partial charge in [-0.2, -0.15) is 0 Å². The van der Waals surface area contributed by atoms with Crippen molar-refractivity contribution in [1.82, 2.24) is 4.90 Å². The Hall–Kier alpha value is -1.06. The molecular formula is C11H21NO3. The summed E-state index contributed by atoms with van der Waals surface area (Å²) in [5, 5.41) is 0. The van der Waals surface area contributed by atoms with Gasteiger partial charge in [-0.15, -0.1) is 0 Å². The number of ether oxygens (including phenoxy) is 1. The van der Waals surface area contributed by atoms with Crippen LogP contribution in [0.25, 0.3) is 0 Å². The summed E-state index contributed by atoms with van der Waals surface area (Å²) in [7, 11) is 3.06. The lowest BCUT2D eigenvalue weighted by molar-refractivity contribution is -0.141. The maximum atomic E-state index is 11.5. The van der Waals surface area contributed by atoms with Crippen molar-refractivity contribution in [1.29, 1.82) is 0 Å². The summed E-state index contributed by atoms with van der Waals surface area (Å²) in [6, 6.07) is 0. The van der Waals surface area contributed by atoms with Gasteiger partial charge in [0.05, 0.1) is 13.5 Å². The van der Waals surface area contributed by atoms with Gasteiger partial charge < -0.3 is 9.64 Å². The summed E-state index contributed by atoms with van der Waals surface area (Å²) in [5.41, 5.74) is 0. The van der Waals surface area contributed by atoms with Crippen LogP contribution in [-0.2, 0) is 14.3 Å². The van der Waals surface area contributed by atoms with Crippen LogP contribution in [-0.4, -0.2) is 37.5 Å². The summed E-state index contributed by atoms with van der Waals surface area (Å²) in [6.07, 6.45) is 1.71. The molecule has 0 aliphatic carbocycles. The fraction of sp³-hybridized carbons (Fsp3) is 0.818. The Morgan fingerprint density at radius 2 is 1.87 bits per heavy atom. The second kappa shape index (κ2) is 7.26. The zero-order valence-corrected chi connectivity index (χ0v) is 10.1. The first-order chi connectivity index (χ1) is 6.97. The highest BCUT2D eigenvalue weighted by molar-refractivity contribution is 5.76. The number of nitrogens with zero attached hydrogens (tertiary/aromatic N) is 1. The standard InChI is InChI=1S/C11H21NO3/c1-9(2)5-6-10(13)12(3)8-7-11(14)15-4/h9H,5-8H2,1-4H3. The van der Waals surface area contributed by atoms with Crippen LogP contribution in [0.1, 0.15) is 33.1 Å². The highest BCUT2D eigenvalue weighted by Gasteiger charge is 2.11. The number of esters is 1. The lowest BCUT2D eigenvalue weighted by atomic mass is 10.1.